The molecule has 1 saturated heterocycles. The summed E-state index contributed by atoms with van der Waals surface area (Å²) < 4.78 is 1.72. The van der Waals surface area contributed by atoms with Gasteiger partial charge in [0.05, 0.1) is 0 Å². The summed E-state index contributed by atoms with van der Waals surface area (Å²) in [7, 11) is 0. The lowest BCUT2D eigenvalue weighted by Crippen LogP contribution is -2.47. The molecule has 0 saturated carbocycles. The van der Waals surface area contributed by atoms with Gasteiger partial charge < -0.3 is 14.8 Å². The predicted molar refractivity (Wildman–Crippen MR) is 101 cm³/mol. The van der Waals surface area contributed by atoms with Crippen LogP contribution in [0.4, 0.5) is 5.82 Å². The first-order chi connectivity index (χ1) is 11.5. The molecule has 1 aliphatic heterocycles. The van der Waals surface area contributed by atoms with Gasteiger partial charge in [0.1, 0.15) is 0 Å². The van der Waals surface area contributed by atoms with Crippen LogP contribution in [0.5, 0.6) is 0 Å². The molecule has 1 aliphatic rings. The Morgan fingerprint density at radius 2 is 2.12 bits per heavy atom. The van der Waals surface area contributed by atoms with Crippen molar-refractivity contribution in [3.63, 3.8) is 0 Å². The number of hydrogen-bond acceptors (Lipinski definition) is 4. The van der Waals surface area contributed by atoms with Crippen molar-refractivity contribution in [1.29, 1.82) is 0 Å². The number of hydrogen-bond donors (Lipinski definition) is 1. The minimum atomic E-state index is 0.0292. The molecule has 1 fully saturated rings. The highest BCUT2D eigenvalue weighted by molar-refractivity contribution is 5.36. The summed E-state index contributed by atoms with van der Waals surface area (Å²) in [6.45, 7) is 11.0. The van der Waals surface area contributed by atoms with Crippen molar-refractivity contribution < 1.29 is 0 Å². The summed E-state index contributed by atoms with van der Waals surface area (Å²) in [6.07, 6.45) is 10.2. The van der Waals surface area contributed by atoms with E-state index in [1.807, 2.05) is 6.92 Å². The standard InChI is InChI=1S/C19H32N4O/c1-5-22-14-11-20-18(19(22)24)23-12-9-17(10-13-23)21-16(4)8-6-7-15(2)3/h7,11,14,16-17,21H,5-6,8-10,12-13H2,1-4H3. The van der Waals surface area contributed by atoms with Crippen LogP contribution in [0.2, 0.25) is 0 Å². The molecule has 0 aliphatic carbocycles. The third kappa shape index (κ3) is 5.20. The Morgan fingerprint density at radius 1 is 1.42 bits per heavy atom. The summed E-state index contributed by atoms with van der Waals surface area (Å²) in [5.74, 6) is 0.606. The average molecular weight is 332 g/mol. The lowest BCUT2D eigenvalue weighted by Gasteiger charge is -2.34. The molecule has 134 valence electrons. The third-order valence-electron chi connectivity index (χ3n) is 4.70. The number of nitrogens with zero attached hydrogens (tertiary/aromatic N) is 3. The minimum Gasteiger partial charge on any atom is -0.352 e. The number of piperidine rings is 1. The van der Waals surface area contributed by atoms with Crippen LogP contribution in [0.3, 0.4) is 0 Å². The smallest absolute Gasteiger partial charge is 0.293 e. The van der Waals surface area contributed by atoms with E-state index in [9.17, 15) is 4.79 Å². The van der Waals surface area contributed by atoms with Gasteiger partial charge >= 0.3 is 0 Å². The molecule has 1 aromatic heterocycles. The monoisotopic (exact) mass is 332 g/mol. The van der Waals surface area contributed by atoms with Gasteiger partial charge in [0, 0.05) is 44.1 Å². The van der Waals surface area contributed by atoms with E-state index in [0.29, 0.717) is 24.4 Å². The first kappa shape index (κ1) is 18.7. The number of nitrogens with one attached hydrogen (secondary N) is 1. The maximum absolute atomic E-state index is 12.4. The van der Waals surface area contributed by atoms with E-state index in [2.05, 4.69) is 42.0 Å². The van der Waals surface area contributed by atoms with Crippen molar-refractivity contribution in [3.05, 3.63) is 34.4 Å². The molecule has 2 rings (SSSR count). The van der Waals surface area contributed by atoms with Crippen LogP contribution in [-0.2, 0) is 6.54 Å². The number of anilines is 1. The summed E-state index contributed by atoms with van der Waals surface area (Å²) >= 11 is 0. The quantitative estimate of drug-likeness (QED) is 0.780. The van der Waals surface area contributed by atoms with E-state index in [-0.39, 0.29) is 5.56 Å². The van der Waals surface area contributed by atoms with Gasteiger partial charge in [0.25, 0.3) is 5.56 Å². The Morgan fingerprint density at radius 3 is 2.75 bits per heavy atom. The maximum Gasteiger partial charge on any atom is 0.293 e. The molecule has 0 spiro atoms. The number of allylic oxidation sites excluding steroid dienone is 2. The number of aromatic nitrogens is 2. The van der Waals surface area contributed by atoms with Gasteiger partial charge in [-0.25, -0.2) is 4.98 Å². The zero-order chi connectivity index (χ0) is 17.5. The van der Waals surface area contributed by atoms with Gasteiger partial charge in [-0.2, -0.15) is 0 Å². The number of rotatable bonds is 7. The largest absolute Gasteiger partial charge is 0.352 e. The summed E-state index contributed by atoms with van der Waals surface area (Å²) in [5, 5.41) is 3.74. The lowest BCUT2D eigenvalue weighted by atomic mass is 10.0. The molecule has 24 heavy (non-hydrogen) atoms. The zero-order valence-electron chi connectivity index (χ0n) is 15.6. The molecule has 5 nitrogen and oxygen atoms in total. The average Bonchev–Trinajstić information content (AvgIpc) is 2.55. The van der Waals surface area contributed by atoms with Crippen LogP contribution < -0.4 is 15.8 Å². The SMILES string of the molecule is CCn1ccnc(N2CCC(NC(C)CCC=C(C)C)CC2)c1=O. The normalized spacial score (nSPS) is 16.9. The predicted octanol–water partition coefficient (Wildman–Crippen LogP) is 2.96. The van der Waals surface area contributed by atoms with E-state index >= 15 is 0 Å². The molecule has 0 aromatic carbocycles. The molecular weight excluding hydrogens is 300 g/mol. The summed E-state index contributed by atoms with van der Waals surface area (Å²) in [4.78, 5) is 18.8. The van der Waals surface area contributed by atoms with Gasteiger partial charge in [-0.3, -0.25) is 4.79 Å². The molecule has 5 heteroatoms. The highest BCUT2D eigenvalue weighted by Gasteiger charge is 2.23. The van der Waals surface area contributed by atoms with Crippen molar-refractivity contribution >= 4 is 5.82 Å². The van der Waals surface area contributed by atoms with E-state index in [1.54, 1.807) is 17.0 Å². The molecular formula is C19H32N4O. The second-order valence-corrected chi connectivity index (χ2v) is 7.03. The molecule has 0 amide bonds. The van der Waals surface area contributed by atoms with E-state index in [1.165, 1.54) is 12.0 Å². The van der Waals surface area contributed by atoms with Crippen LogP contribution in [0.25, 0.3) is 0 Å². The third-order valence-corrected chi connectivity index (χ3v) is 4.70. The first-order valence-corrected chi connectivity index (χ1v) is 9.21. The molecule has 1 aromatic rings. The second kappa shape index (κ2) is 9.02. The fourth-order valence-electron chi connectivity index (χ4n) is 3.27. The highest BCUT2D eigenvalue weighted by atomic mass is 16.1. The first-order valence-electron chi connectivity index (χ1n) is 9.21. The number of aryl methyl sites for hydroxylation is 1. The molecule has 1 atom stereocenters. The van der Waals surface area contributed by atoms with Gasteiger partial charge in [-0.15, -0.1) is 0 Å². The van der Waals surface area contributed by atoms with Crippen LogP contribution in [0, 0.1) is 0 Å². The van der Waals surface area contributed by atoms with Crippen LogP contribution in [0.15, 0.2) is 28.8 Å². The van der Waals surface area contributed by atoms with Gasteiger partial charge in [-0.1, -0.05) is 11.6 Å². The summed E-state index contributed by atoms with van der Waals surface area (Å²) in [6, 6.07) is 1.07. The zero-order valence-corrected chi connectivity index (χ0v) is 15.6. The Kier molecular flexibility index (Phi) is 7.03. The second-order valence-electron chi connectivity index (χ2n) is 7.03. The lowest BCUT2D eigenvalue weighted by molar-refractivity contribution is 0.366. The maximum atomic E-state index is 12.4. The Hall–Kier alpha value is -1.62. The Balaban J connectivity index is 1.83. The van der Waals surface area contributed by atoms with Crippen molar-refractivity contribution in [2.45, 2.75) is 72.0 Å². The molecule has 0 bridgehead atoms. The Labute approximate surface area is 145 Å². The van der Waals surface area contributed by atoms with E-state index in [0.717, 1.165) is 32.4 Å². The van der Waals surface area contributed by atoms with Gasteiger partial charge in [0.2, 0.25) is 0 Å². The molecule has 0 radical (unpaired) electrons. The van der Waals surface area contributed by atoms with Crippen LogP contribution >= 0.6 is 0 Å². The van der Waals surface area contributed by atoms with Crippen molar-refractivity contribution in [3.8, 4) is 0 Å². The van der Waals surface area contributed by atoms with Crippen molar-refractivity contribution in [2.75, 3.05) is 18.0 Å². The topological polar surface area (TPSA) is 50.2 Å². The van der Waals surface area contributed by atoms with Crippen LogP contribution in [0.1, 0.15) is 53.4 Å². The van der Waals surface area contributed by atoms with Gasteiger partial charge in [-0.05, 0) is 53.4 Å². The van der Waals surface area contributed by atoms with E-state index in [4.69, 9.17) is 0 Å². The summed E-state index contributed by atoms with van der Waals surface area (Å²) in [5.41, 5.74) is 1.42. The van der Waals surface area contributed by atoms with Gasteiger partial charge in [0.15, 0.2) is 5.82 Å². The van der Waals surface area contributed by atoms with Crippen molar-refractivity contribution in [2.24, 2.45) is 0 Å². The molecule has 1 N–H and O–H groups in total. The van der Waals surface area contributed by atoms with E-state index < -0.39 is 0 Å². The Bertz CT molecular complexity index is 596. The highest BCUT2D eigenvalue weighted by Crippen LogP contribution is 2.16. The fourth-order valence-corrected chi connectivity index (χ4v) is 3.27. The fraction of sp³-hybridized carbons (Fsp3) is 0.684. The molecule has 1 unspecified atom stereocenters. The minimum absolute atomic E-state index is 0.0292. The molecule has 2 heterocycles. The van der Waals surface area contributed by atoms with Crippen LogP contribution in [-0.4, -0.2) is 34.7 Å². The van der Waals surface area contributed by atoms with Crippen molar-refractivity contribution in [1.82, 2.24) is 14.9 Å².